The summed E-state index contributed by atoms with van der Waals surface area (Å²) in [7, 11) is 0. The molecule has 13 aromatic rings. The minimum atomic E-state index is -1.07. The number of likely N-dealkylation sites (tertiary alicyclic amines) is 1. The predicted molar refractivity (Wildman–Crippen MR) is 553 cm³/mol. The molecule has 2 aromatic heterocycles. The number of carbonyl (C=O) groups excluding carboxylic acids is 9. The van der Waals surface area contributed by atoms with E-state index in [9.17, 15) is 47.9 Å². The highest BCUT2D eigenvalue weighted by molar-refractivity contribution is 6.32. The molecule has 7 heterocycles. The van der Waals surface area contributed by atoms with E-state index < -0.39 is 12.6 Å². The van der Waals surface area contributed by atoms with Crippen LogP contribution in [0.2, 0.25) is 20.1 Å². The number of ether oxygens (including phenoxy) is 4. The minimum absolute atomic E-state index is 0.0490. The lowest BCUT2D eigenvalue weighted by atomic mass is 9.89. The van der Waals surface area contributed by atoms with Gasteiger partial charge >= 0.3 is 5.97 Å². The van der Waals surface area contributed by atoms with Gasteiger partial charge in [0.2, 0.25) is 41.1 Å². The Balaban J connectivity index is 0.000000145. The van der Waals surface area contributed by atoms with Crippen molar-refractivity contribution < 1.29 is 76.5 Å². The monoisotopic (exact) mass is 2020 g/mol. The highest BCUT2D eigenvalue weighted by Gasteiger charge is 2.44. The van der Waals surface area contributed by atoms with Gasteiger partial charge in [-0.15, -0.1) is 10.2 Å². The third-order valence-electron chi connectivity index (χ3n) is 25.7. The van der Waals surface area contributed by atoms with Crippen molar-refractivity contribution in [3.63, 3.8) is 0 Å². The second-order valence-electron chi connectivity index (χ2n) is 35.5. The van der Waals surface area contributed by atoms with Crippen molar-refractivity contribution in [1.29, 1.82) is 0 Å². The number of piperidine rings is 1. The van der Waals surface area contributed by atoms with Gasteiger partial charge in [-0.3, -0.25) is 43.2 Å². The van der Waals surface area contributed by atoms with Gasteiger partial charge in [0.25, 0.3) is 29.5 Å². The number of aromatic nitrogens is 5. The number of hydrogen-bond donors (Lipinski definition) is 2. The number of carboxylic acid groups (broad SMARTS) is 1. The highest BCUT2D eigenvalue weighted by Crippen LogP contribution is 2.49. The maximum Gasteiger partial charge on any atom is 0.341 e. The van der Waals surface area contributed by atoms with E-state index in [0.29, 0.717) is 105 Å². The van der Waals surface area contributed by atoms with Crippen molar-refractivity contribution in [1.82, 2.24) is 30.7 Å². The molecule has 0 aliphatic carbocycles. The molecule has 34 heteroatoms. The Labute approximate surface area is 853 Å². The molecule has 5 aliphatic rings. The first-order chi connectivity index (χ1) is 69.3. The average Bonchev–Trinajstić information content (AvgIpc) is 1.01. The molecule has 1 saturated heterocycles. The van der Waals surface area contributed by atoms with Gasteiger partial charge in [-0.25, -0.2) is 4.79 Å². The number of halogens is 4. The van der Waals surface area contributed by atoms with Gasteiger partial charge in [0.15, 0.2) is 13.2 Å². The van der Waals surface area contributed by atoms with E-state index in [2.05, 4.69) is 25.8 Å². The number of nitrogens with zero attached hydrogens (tertiary/aromatic N) is 13. The molecule has 2 N–H and O–H groups in total. The molecular formula is C110H108Cl4N14O16. The zero-order valence-corrected chi connectivity index (χ0v) is 83.9. The van der Waals surface area contributed by atoms with E-state index in [0.717, 1.165) is 80.6 Å². The van der Waals surface area contributed by atoms with E-state index >= 15 is 0 Å². The van der Waals surface area contributed by atoms with Crippen LogP contribution in [0.4, 0.5) is 45.5 Å². The molecule has 5 aliphatic heterocycles. The number of hydrogen-bond acceptors (Lipinski definition) is 19. The van der Waals surface area contributed by atoms with Crippen molar-refractivity contribution in [2.45, 2.75) is 169 Å². The number of carbonyl (C=O) groups is 10. The summed E-state index contributed by atoms with van der Waals surface area (Å²) in [6.45, 7) is 19.1. The van der Waals surface area contributed by atoms with Crippen LogP contribution < -0.4 is 58.1 Å². The molecule has 11 aromatic carbocycles. The lowest BCUT2D eigenvalue weighted by Crippen LogP contribution is -2.47. The summed E-state index contributed by atoms with van der Waals surface area (Å²) >= 11 is 24.3. The summed E-state index contributed by atoms with van der Waals surface area (Å²) < 4.78 is 27.5. The lowest BCUT2D eigenvalue weighted by Gasteiger charge is -2.43. The number of amides is 9. The maximum atomic E-state index is 13.8. The van der Waals surface area contributed by atoms with Crippen LogP contribution in [-0.2, 0) is 35.4 Å². The smallest absolute Gasteiger partial charge is 0.341 e. The average molecular weight is 2020 g/mol. The van der Waals surface area contributed by atoms with Crippen molar-refractivity contribution in [3.05, 3.63) is 344 Å². The molecule has 8 atom stereocenters. The Hall–Kier alpha value is -15.2. The molecular weight excluding hydrogens is 1920 g/mol. The molecule has 1 fully saturated rings. The van der Waals surface area contributed by atoms with Crippen LogP contribution in [0.1, 0.15) is 202 Å². The number of para-hydroxylation sites is 4. The van der Waals surface area contributed by atoms with Gasteiger partial charge < -0.3 is 72.7 Å². The summed E-state index contributed by atoms with van der Waals surface area (Å²) in [4.78, 5) is 144. The first-order valence-corrected chi connectivity index (χ1v) is 48.8. The zero-order valence-electron chi connectivity index (χ0n) is 80.9. The molecule has 0 unspecified atom stereocenters. The van der Waals surface area contributed by atoms with Gasteiger partial charge in [0, 0.05) is 167 Å². The summed E-state index contributed by atoms with van der Waals surface area (Å²) in [5, 5.41) is 28.6. The van der Waals surface area contributed by atoms with Gasteiger partial charge in [0.1, 0.15) is 23.4 Å². The first kappa shape index (κ1) is 103. The molecule has 144 heavy (non-hydrogen) atoms. The molecule has 0 bridgehead atoms. The Bertz CT molecular complexity index is 6760. The second kappa shape index (κ2) is 46.7. The van der Waals surface area contributed by atoms with Crippen molar-refractivity contribution in [2.24, 2.45) is 0 Å². The third kappa shape index (κ3) is 23.9. The van der Waals surface area contributed by atoms with Crippen LogP contribution in [-0.4, -0.2) is 151 Å². The van der Waals surface area contributed by atoms with Crippen LogP contribution in [0.25, 0.3) is 0 Å². The van der Waals surface area contributed by atoms with Gasteiger partial charge in [-0.2, -0.15) is 5.21 Å². The molecule has 0 radical (unpaired) electrons. The maximum absolute atomic E-state index is 13.8. The van der Waals surface area contributed by atoms with E-state index in [1.54, 1.807) is 171 Å². The molecule has 0 saturated carbocycles. The number of aliphatic carboxylic acids is 1. The van der Waals surface area contributed by atoms with Gasteiger partial charge in [-0.1, -0.05) is 124 Å². The lowest BCUT2D eigenvalue weighted by molar-refractivity contribution is -0.139. The predicted octanol–water partition coefficient (Wildman–Crippen LogP) is 21.8. The third-order valence-corrected chi connectivity index (χ3v) is 26.8. The van der Waals surface area contributed by atoms with Crippen molar-refractivity contribution >= 4 is 151 Å². The number of aromatic amines is 1. The summed E-state index contributed by atoms with van der Waals surface area (Å²) in [6, 6.07) is 80.1. The summed E-state index contributed by atoms with van der Waals surface area (Å²) in [5.41, 5.74) is 11.3. The number of anilines is 8. The van der Waals surface area contributed by atoms with E-state index in [1.165, 1.54) is 13.0 Å². The minimum Gasteiger partial charge on any atom is -0.490 e. The fourth-order valence-corrected chi connectivity index (χ4v) is 19.8. The molecule has 742 valence electrons. The fourth-order valence-electron chi connectivity index (χ4n) is 19.3. The number of tetrazole rings is 1. The Morgan fingerprint density at radius 2 is 0.715 bits per heavy atom. The number of rotatable bonds is 22. The number of carboxylic acids is 1. The number of nitrogens with one attached hydrogen (secondary N) is 1. The van der Waals surface area contributed by atoms with Crippen LogP contribution in [0.3, 0.4) is 0 Å². The number of H-pyrrole nitrogens is 1. The Kier molecular flexibility index (Phi) is 33.4. The molecule has 18 rings (SSSR count). The van der Waals surface area contributed by atoms with Gasteiger partial charge in [-0.05, 0) is 282 Å². The van der Waals surface area contributed by atoms with Crippen LogP contribution >= 0.6 is 46.4 Å². The zero-order chi connectivity index (χ0) is 102. The quantitative estimate of drug-likeness (QED) is 0.0636. The Morgan fingerprint density at radius 3 is 1.01 bits per heavy atom. The van der Waals surface area contributed by atoms with Gasteiger partial charge in [0.05, 0.1) is 36.8 Å². The van der Waals surface area contributed by atoms with Crippen LogP contribution in [0.5, 0.6) is 23.1 Å². The topological polar surface area (TPSA) is 338 Å². The fraction of sp³-hybridized carbons (Fsp3) is 0.273. The van der Waals surface area contributed by atoms with E-state index in [-0.39, 0.29) is 126 Å². The van der Waals surface area contributed by atoms with E-state index in [1.807, 2.05) is 202 Å². The number of benzene rings is 11. The summed E-state index contributed by atoms with van der Waals surface area (Å²) in [6.07, 6.45) is 3.89. The first-order valence-electron chi connectivity index (χ1n) is 47.2. The number of fused-ring (bicyclic) bond motifs is 4. The SMILES string of the molecule is CC(=O)N(c1ccc(Cl)cc1)[C@@H]1C[C@H](C)N(C(=O)c2ccc(OCC(=O)O)cc2)c2ccccc21.CC(=O)N(c1ccc(Cl)cc1)[C@@H]1C[C@H](C)N(C(=O)c2ccc(OCc3nn[nH]n3)cc2)c2ccccc21.CC(=O)N1CCC(Oc2ccc(C(=O)N3c4ccccc4[C@H](N(C(C)=O)c4ccc(Cl)cc4)C[C@@H]3C)cc2)CC1.CCOc1cc(C(=O)N2c3ccccc3[C@H](N(C(C)=O)c3ccc(Cl)cc3)C[C@@H]2C)on1. The molecule has 0 spiro atoms. The van der Waals surface area contributed by atoms with Crippen LogP contribution in [0, 0.1) is 0 Å². The molecule has 30 nitrogen and oxygen atoms in total. The van der Waals surface area contributed by atoms with Crippen molar-refractivity contribution in [3.8, 4) is 23.1 Å². The largest absolute Gasteiger partial charge is 0.490 e. The second-order valence-corrected chi connectivity index (χ2v) is 37.2. The Morgan fingerprint density at radius 1 is 0.403 bits per heavy atom. The summed E-state index contributed by atoms with van der Waals surface area (Å²) in [5.74, 6) is 0.473. The van der Waals surface area contributed by atoms with E-state index in [4.69, 9.17) is 75.0 Å². The molecule has 9 amide bonds. The highest BCUT2D eigenvalue weighted by atomic mass is 35.5. The van der Waals surface area contributed by atoms with Crippen LogP contribution in [0.15, 0.2) is 278 Å². The normalized spacial score (nSPS) is 17.6. The standard InChI is InChI=1S/C32H34ClN3O4.C27H25ClN6O3.C27H25ClN2O5.C24H24ClN3O4/c1-21-20-31(36(23(3)38)26-12-10-25(33)11-13-26)29-6-4-5-7-30(29)35(21)32(39)24-8-14-27(15-9-24)40-28-16-18-34(19-17-28)22(2)37;1-17-15-25(34(18(2)35)21-11-9-20(28)10-12-21)23-5-3-4-6-24(23)33(17)27(36)19-7-13-22(14-8-19)37-16-26-29-31-32-30-26;1-17-15-25(30(18(2)31)21-11-9-20(28)10-12-21)23-5-3-4-6-24(23)29(17)27(34)19-7-13-22(14-8-19)35-16-26(32)33;1-4-31-23-14-22(32-26-23)24(30)27-15(2)13-21(19-7-5-6-8-20(19)27)28(16(3)29)18-11-9-17(25)10-12-18/h4-15,21,28,31H,16-20H2,1-3H3;3-14,17,25H,15-16H2,1-2H3,(H,29,30,31,32);3-14,17,25H,15-16H2,1-2H3,(H,32,33);5-12,14-15,21H,4,13H2,1-3H3/t21-,31+;2*17-,25+;15-,21+/m0000/s1. The van der Waals surface area contributed by atoms with Crippen molar-refractivity contribution in [2.75, 3.05) is 65.5 Å².